The van der Waals surface area contributed by atoms with Gasteiger partial charge in [-0.15, -0.1) is 0 Å². The molecule has 0 radical (unpaired) electrons. The van der Waals surface area contributed by atoms with Crippen LogP contribution in [0.15, 0.2) is 59.1 Å². The van der Waals surface area contributed by atoms with E-state index in [2.05, 4.69) is 27.3 Å². The summed E-state index contributed by atoms with van der Waals surface area (Å²) in [7, 11) is 0. The third-order valence-electron chi connectivity index (χ3n) is 4.94. The molecule has 0 aromatic heterocycles. The average Bonchev–Trinajstić information content (AvgIpc) is 3.03. The Morgan fingerprint density at radius 3 is 2.50 bits per heavy atom. The van der Waals surface area contributed by atoms with E-state index in [4.69, 9.17) is 0 Å². The lowest BCUT2D eigenvalue weighted by Gasteiger charge is -2.39. The van der Waals surface area contributed by atoms with Gasteiger partial charge in [-0.1, -0.05) is 58.4 Å². The highest BCUT2D eigenvalue weighted by molar-refractivity contribution is 9.10. The highest BCUT2D eigenvalue weighted by Crippen LogP contribution is 2.53. The molecule has 1 aliphatic heterocycles. The molecule has 0 unspecified atom stereocenters. The van der Waals surface area contributed by atoms with E-state index in [0.29, 0.717) is 0 Å². The second-order valence-corrected chi connectivity index (χ2v) is 7.12. The van der Waals surface area contributed by atoms with Gasteiger partial charge in [-0.05, 0) is 35.6 Å². The Morgan fingerprint density at radius 2 is 1.75 bits per heavy atom. The van der Waals surface area contributed by atoms with Crippen molar-refractivity contribution < 1.29 is 13.2 Å². The van der Waals surface area contributed by atoms with Crippen LogP contribution < -0.4 is 5.32 Å². The summed E-state index contributed by atoms with van der Waals surface area (Å²) in [5.74, 6) is 0.236. The van der Waals surface area contributed by atoms with Crippen LogP contribution in [0.2, 0.25) is 0 Å². The second-order valence-electron chi connectivity index (χ2n) is 6.26. The van der Waals surface area contributed by atoms with Gasteiger partial charge < -0.3 is 5.32 Å². The zero-order valence-corrected chi connectivity index (χ0v) is 14.2. The number of alkyl halides is 3. The topological polar surface area (TPSA) is 12.0 Å². The van der Waals surface area contributed by atoms with Crippen molar-refractivity contribution in [1.82, 2.24) is 0 Å². The van der Waals surface area contributed by atoms with Crippen molar-refractivity contribution in [2.75, 3.05) is 5.32 Å². The first-order valence-electron chi connectivity index (χ1n) is 7.84. The molecule has 0 saturated heterocycles. The summed E-state index contributed by atoms with van der Waals surface area (Å²) in [6.45, 7) is 0. The summed E-state index contributed by atoms with van der Waals surface area (Å²) in [6.07, 6.45) is 0.621. The first-order valence-corrected chi connectivity index (χ1v) is 8.64. The highest BCUT2D eigenvalue weighted by atomic mass is 79.9. The molecule has 5 heteroatoms. The van der Waals surface area contributed by atoms with Crippen molar-refractivity contribution in [3.8, 4) is 0 Å². The zero-order valence-electron chi connectivity index (χ0n) is 12.6. The minimum atomic E-state index is -4.37. The molecule has 2 aromatic rings. The molecule has 1 N–H and O–H groups in total. The lowest BCUT2D eigenvalue weighted by atomic mass is 9.76. The number of fused-ring (bicyclic) bond motifs is 3. The van der Waals surface area contributed by atoms with E-state index in [1.165, 1.54) is 6.07 Å². The quantitative estimate of drug-likeness (QED) is 0.561. The molecule has 0 fully saturated rings. The summed E-state index contributed by atoms with van der Waals surface area (Å²) >= 11 is 3.54. The van der Waals surface area contributed by atoms with Crippen LogP contribution >= 0.6 is 15.9 Å². The first kappa shape index (κ1) is 15.8. The van der Waals surface area contributed by atoms with Crippen molar-refractivity contribution in [3.63, 3.8) is 0 Å². The lowest BCUT2D eigenvalue weighted by molar-refractivity contribution is -0.137. The van der Waals surface area contributed by atoms with Crippen LogP contribution in [0.5, 0.6) is 0 Å². The molecule has 2 aromatic carbocycles. The average molecular weight is 394 g/mol. The van der Waals surface area contributed by atoms with Gasteiger partial charge in [0.05, 0.1) is 17.3 Å². The van der Waals surface area contributed by atoms with Crippen LogP contribution in [0.1, 0.15) is 35.1 Å². The molecule has 2 aliphatic rings. The number of anilines is 1. The van der Waals surface area contributed by atoms with Crippen molar-refractivity contribution in [2.24, 2.45) is 5.92 Å². The Bertz CT molecular complexity index is 812. The first-order chi connectivity index (χ1) is 11.5. The van der Waals surface area contributed by atoms with Gasteiger partial charge in [-0.25, -0.2) is 0 Å². The summed E-state index contributed by atoms with van der Waals surface area (Å²) in [4.78, 5) is 0. The maximum atomic E-state index is 13.5. The monoisotopic (exact) mass is 393 g/mol. The maximum Gasteiger partial charge on any atom is 0.418 e. The predicted octanol–water partition coefficient (Wildman–Crippen LogP) is 6.29. The number of allylic oxidation sites excluding steroid dienone is 2. The van der Waals surface area contributed by atoms with Crippen LogP contribution in [0.25, 0.3) is 0 Å². The molecule has 0 bridgehead atoms. The van der Waals surface area contributed by atoms with Crippen LogP contribution in [-0.2, 0) is 6.18 Å². The van der Waals surface area contributed by atoms with Gasteiger partial charge >= 0.3 is 6.18 Å². The van der Waals surface area contributed by atoms with Crippen molar-refractivity contribution in [3.05, 3.63) is 75.8 Å². The summed E-state index contributed by atoms with van der Waals surface area (Å²) in [5.41, 5.74) is 1.38. The van der Waals surface area contributed by atoms with Gasteiger partial charge in [0, 0.05) is 10.4 Å². The minimum Gasteiger partial charge on any atom is -0.377 e. The number of benzene rings is 2. The molecule has 1 nitrogen and oxygen atoms in total. The number of hydrogen-bond acceptors (Lipinski definition) is 1. The molecular formula is C19H15BrF3N. The van der Waals surface area contributed by atoms with E-state index in [0.717, 1.165) is 28.1 Å². The molecule has 24 heavy (non-hydrogen) atoms. The molecule has 3 atom stereocenters. The van der Waals surface area contributed by atoms with Gasteiger partial charge in [0.15, 0.2) is 0 Å². The smallest absolute Gasteiger partial charge is 0.377 e. The maximum absolute atomic E-state index is 13.5. The summed E-state index contributed by atoms with van der Waals surface area (Å²) < 4.78 is 41.3. The van der Waals surface area contributed by atoms with Crippen LogP contribution in [-0.4, -0.2) is 0 Å². The highest BCUT2D eigenvalue weighted by Gasteiger charge is 2.43. The number of hydrogen-bond donors (Lipinski definition) is 1. The van der Waals surface area contributed by atoms with Gasteiger partial charge in [0.1, 0.15) is 0 Å². The van der Waals surface area contributed by atoms with E-state index < -0.39 is 11.7 Å². The molecule has 1 heterocycles. The van der Waals surface area contributed by atoms with E-state index in [9.17, 15) is 13.2 Å². The van der Waals surface area contributed by atoms with Crippen molar-refractivity contribution in [1.29, 1.82) is 0 Å². The zero-order chi connectivity index (χ0) is 16.9. The Labute approximate surface area is 146 Å². The van der Waals surface area contributed by atoms with Crippen molar-refractivity contribution >= 4 is 21.6 Å². The molecule has 124 valence electrons. The fourth-order valence-electron chi connectivity index (χ4n) is 3.89. The van der Waals surface area contributed by atoms with E-state index in [1.807, 2.05) is 30.3 Å². The van der Waals surface area contributed by atoms with Crippen LogP contribution in [0.4, 0.5) is 18.9 Å². The summed E-state index contributed by atoms with van der Waals surface area (Å²) in [6, 6.07) is 12.0. The molecule has 0 spiro atoms. The second kappa shape index (κ2) is 5.66. The van der Waals surface area contributed by atoms with E-state index in [-0.39, 0.29) is 23.6 Å². The third-order valence-corrected chi connectivity index (χ3v) is 5.66. The SMILES string of the molecule is FC(F)(F)c1cccc2c1N[C@H](c1ccccc1Br)[C@H]1CC=C[C@@H]21. The third kappa shape index (κ3) is 2.46. The van der Waals surface area contributed by atoms with Crippen LogP contribution in [0.3, 0.4) is 0 Å². The number of para-hydroxylation sites is 1. The fraction of sp³-hybridized carbons (Fsp3) is 0.263. The number of nitrogens with one attached hydrogen (secondary N) is 1. The molecule has 1 aliphatic carbocycles. The largest absolute Gasteiger partial charge is 0.418 e. The van der Waals surface area contributed by atoms with Crippen LogP contribution in [0, 0.1) is 5.92 Å². The predicted molar refractivity (Wildman–Crippen MR) is 91.9 cm³/mol. The Hall–Kier alpha value is -1.75. The van der Waals surface area contributed by atoms with Gasteiger partial charge in [0.25, 0.3) is 0 Å². The minimum absolute atomic E-state index is 0.0145. The van der Waals surface area contributed by atoms with E-state index in [1.54, 1.807) is 6.07 Å². The van der Waals surface area contributed by atoms with Gasteiger partial charge in [-0.3, -0.25) is 0 Å². The van der Waals surface area contributed by atoms with Gasteiger partial charge in [-0.2, -0.15) is 13.2 Å². The Balaban J connectivity index is 1.87. The molecule has 0 amide bonds. The molecular weight excluding hydrogens is 379 g/mol. The number of halogens is 4. The normalized spacial score (nSPS) is 25.1. The van der Waals surface area contributed by atoms with E-state index >= 15 is 0 Å². The molecule has 4 rings (SSSR count). The Kier molecular flexibility index (Phi) is 3.71. The Morgan fingerprint density at radius 1 is 1.00 bits per heavy atom. The van der Waals surface area contributed by atoms with Crippen molar-refractivity contribution in [2.45, 2.75) is 24.6 Å². The number of rotatable bonds is 1. The lowest BCUT2D eigenvalue weighted by Crippen LogP contribution is -2.31. The fourth-order valence-corrected chi connectivity index (χ4v) is 4.42. The van der Waals surface area contributed by atoms with Gasteiger partial charge in [0.2, 0.25) is 0 Å². The molecule has 0 saturated carbocycles. The summed E-state index contributed by atoms with van der Waals surface area (Å²) in [5, 5.41) is 3.21. The standard InChI is InChI=1S/C19H15BrF3N/c20-16-10-2-1-5-14(16)17-12-7-3-6-11(12)13-8-4-9-15(18(13)24-17)19(21,22)23/h1-6,8-12,17,24H,7H2/t11-,12+,17+/m1/s1.